The number of ether oxygens (including phenoxy) is 4. The Morgan fingerprint density at radius 3 is 2.31 bits per heavy atom. The van der Waals surface area contributed by atoms with E-state index in [1.807, 2.05) is 36.4 Å². The van der Waals surface area contributed by atoms with Crippen molar-refractivity contribution in [3.8, 4) is 34.6 Å². The van der Waals surface area contributed by atoms with Gasteiger partial charge < -0.3 is 28.7 Å². The van der Waals surface area contributed by atoms with Crippen LogP contribution < -0.4 is 29.8 Å². The zero-order valence-electron chi connectivity index (χ0n) is 24.6. The van der Waals surface area contributed by atoms with Crippen LogP contribution in [0.5, 0.6) is 23.0 Å². The number of furan rings is 1. The Kier molecular flexibility index (Phi) is 8.14. The van der Waals surface area contributed by atoms with Crippen molar-refractivity contribution in [2.24, 2.45) is 5.10 Å². The van der Waals surface area contributed by atoms with Crippen molar-refractivity contribution in [2.75, 3.05) is 33.3 Å². The topological polar surface area (TPSA) is 126 Å². The second-order valence-corrected chi connectivity index (χ2v) is 9.75. The first kappa shape index (κ1) is 29.0. The molecular weight excluding hydrogens is 576 g/mol. The minimum Gasteiger partial charge on any atom is -0.496 e. The van der Waals surface area contributed by atoms with Crippen LogP contribution in [0.1, 0.15) is 5.56 Å². The third kappa shape index (κ3) is 5.91. The number of nitrogens with zero attached hydrogens (tertiary/aromatic N) is 3. The molecule has 4 aromatic carbocycles. The van der Waals surface area contributed by atoms with E-state index in [9.17, 15) is 9.59 Å². The number of benzene rings is 4. The molecule has 0 aliphatic heterocycles. The fourth-order valence-corrected chi connectivity index (χ4v) is 4.81. The molecule has 0 aliphatic rings. The van der Waals surface area contributed by atoms with Crippen molar-refractivity contribution < 1.29 is 28.2 Å². The van der Waals surface area contributed by atoms with Gasteiger partial charge in [0.25, 0.3) is 11.5 Å². The Bertz CT molecular complexity index is 2080. The molecule has 0 atom stereocenters. The summed E-state index contributed by atoms with van der Waals surface area (Å²) in [5, 5.41) is 8.42. The van der Waals surface area contributed by atoms with Crippen LogP contribution >= 0.6 is 0 Å². The van der Waals surface area contributed by atoms with Gasteiger partial charge in [0.1, 0.15) is 11.3 Å². The predicted octanol–water partition coefficient (Wildman–Crippen LogP) is 5.74. The lowest BCUT2D eigenvalue weighted by molar-refractivity contribution is -0.118. The van der Waals surface area contributed by atoms with E-state index in [-0.39, 0.29) is 29.6 Å². The Balaban J connectivity index is 1.36. The average molecular weight is 605 g/mol. The Morgan fingerprint density at radius 1 is 0.867 bits per heavy atom. The molecule has 45 heavy (non-hydrogen) atoms. The summed E-state index contributed by atoms with van der Waals surface area (Å²) in [6.45, 7) is -0.279. The van der Waals surface area contributed by atoms with E-state index < -0.39 is 0 Å². The van der Waals surface area contributed by atoms with E-state index in [1.165, 1.54) is 25.1 Å². The van der Waals surface area contributed by atoms with Crippen LogP contribution in [0.25, 0.3) is 33.5 Å². The first-order chi connectivity index (χ1) is 22.0. The number of nitrogens with one attached hydrogen (secondary N) is 1. The largest absolute Gasteiger partial charge is 0.496 e. The van der Waals surface area contributed by atoms with Crippen molar-refractivity contribution in [2.45, 2.75) is 0 Å². The van der Waals surface area contributed by atoms with Crippen molar-refractivity contribution >= 4 is 39.7 Å². The standard InChI is InChI=1S/C34H28N4O7/c1-41-26-14-9-15-27-24(26)18-30(45-27)33-37-25-13-8-7-12-23(25)34(40)38(33)35-19-21-16-28(42-2)32(29(17-21)43-3)44-20-31(39)36-22-10-5-4-6-11-22/h4-19H,20H2,1-3H3,(H,36,39). The lowest BCUT2D eigenvalue weighted by atomic mass is 10.2. The molecule has 0 radical (unpaired) electrons. The quantitative estimate of drug-likeness (QED) is 0.196. The summed E-state index contributed by atoms with van der Waals surface area (Å²) in [6, 6.07) is 26.6. The van der Waals surface area contributed by atoms with Crippen LogP contribution in [-0.2, 0) is 4.79 Å². The van der Waals surface area contributed by atoms with Gasteiger partial charge in [-0.25, -0.2) is 4.98 Å². The summed E-state index contributed by atoms with van der Waals surface area (Å²) < 4.78 is 29.7. The Morgan fingerprint density at radius 2 is 1.58 bits per heavy atom. The number of hydrogen-bond donors (Lipinski definition) is 1. The van der Waals surface area contributed by atoms with Crippen LogP contribution in [0.2, 0.25) is 0 Å². The van der Waals surface area contributed by atoms with Crippen LogP contribution in [0.3, 0.4) is 0 Å². The minimum absolute atomic E-state index is 0.205. The minimum atomic E-state index is -0.386. The van der Waals surface area contributed by atoms with Gasteiger partial charge in [0.15, 0.2) is 23.9 Å². The fourth-order valence-electron chi connectivity index (χ4n) is 4.81. The SMILES string of the molecule is COc1cc(C=Nn2c(-c3cc4c(OC)cccc4o3)nc3ccccc3c2=O)cc(OC)c1OCC(=O)Nc1ccccc1. The van der Waals surface area contributed by atoms with Crippen molar-refractivity contribution in [3.63, 3.8) is 0 Å². The summed E-state index contributed by atoms with van der Waals surface area (Å²) in [4.78, 5) is 30.9. The maximum absolute atomic E-state index is 13.7. The molecular formula is C34H28N4O7. The zero-order valence-corrected chi connectivity index (χ0v) is 24.6. The molecule has 2 heterocycles. The molecule has 6 rings (SSSR count). The molecule has 11 nitrogen and oxygen atoms in total. The summed E-state index contributed by atoms with van der Waals surface area (Å²) in [6.07, 6.45) is 1.47. The molecule has 1 amide bonds. The summed E-state index contributed by atoms with van der Waals surface area (Å²) >= 11 is 0. The van der Waals surface area contributed by atoms with Gasteiger partial charge in [-0.3, -0.25) is 9.59 Å². The van der Waals surface area contributed by atoms with Crippen LogP contribution in [0.15, 0.2) is 105 Å². The molecule has 0 unspecified atom stereocenters. The number of carbonyl (C=O) groups excluding carboxylic acids is 1. The van der Waals surface area contributed by atoms with E-state index in [1.54, 1.807) is 61.7 Å². The van der Waals surface area contributed by atoms with Gasteiger partial charge in [0, 0.05) is 11.3 Å². The monoisotopic (exact) mass is 604 g/mol. The third-order valence-corrected chi connectivity index (χ3v) is 6.93. The molecule has 1 N–H and O–H groups in total. The fraction of sp³-hybridized carbons (Fsp3) is 0.118. The smallest absolute Gasteiger partial charge is 0.282 e. The van der Waals surface area contributed by atoms with Crippen LogP contribution in [0, 0.1) is 0 Å². The van der Waals surface area contributed by atoms with Crippen molar-refractivity contribution in [1.29, 1.82) is 0 Å². The molecule has 0 spiro atoms. The predicted molar refractivity (Wildman–Crippen MR) is 171 cm³/mol. The van der Waals surface area contributed by atoms with Crippen molar-refractivity contribution in [1.82, 2.24) is 9.66 Å². The summed E-state index contributed by atoms with van der Waals surface area (Å²) in [5.74, 6) is 1.66. The number of carbonyl (C=O) groups is 1. The van der Waals surface area contributed by atoms with Gasteiger partial charge in [0.2, 0.25) is 11.6 Å². The van der Waals surface area contributed by atoms with E-state index in [2.05, 4.69) is 10.4 Å². The number of methoxy groups -OCH3 is 3. The molecule has 0 saturated heterocycles. The molecule has 0 saturated carbocycles. The lowest BCUT2D eigenvalue weighted by Crippen LogP contribution is -2.20. The maximum atomic E-state index is 13.7. The second-order valence-electron chi connectivity index (χ2n) is 9.75. The molecule has 2 aromatic heterocycles. The zero-order chi connectivity index (χ0) is 31.3. The Labute approximate surface area is 257 Å². The lowest BCUT2D eigenvalue weighted by Gasteiger charge is -2.15. The highest BCUT2D eigenvalue weighted by Gasteiger charge is 2.19. The first-order valence-electron chi connectivity index (χ1n) is 13.9. The van der Waals surface area contributed by atoms with Gasteiger partial charge >= 0.3 is 0 Å². The molecule has 226 valence electrons. The molecule has 0 aliphatic carbocycles. The third-order valence-electron chi connectivity index (χ3n) is 6.93. The van der Waals surface area contributed by atoms with Crippen LogP contribution in [0.4, 0.5) is 5.69 Å². The summed E-state index contributed by atoms with van der Waals surface area (Å²) in [7, 11) is 4.52. The van der Waals surface area contributed by atoms with Crippen LogP contribution in [-0.4, -0.2) is 49.7 Å². The average Bonchev–Trinajstić information content (AvgIpc) is 3.52. The molecule has 0 fully saturated rings. The van der Waals surface area contributed by atoms with E-state index in [0.29, 0.717) is 50.7 Å². The Hall–Kier alpha value is -6.10. The number of para-hydroxylation sites is 2. The summed E-state index contributed by atoms with van der Waals surface area (Å²) in [5.41, 5.74) is 1.86. The number of anilines is 1. The van der Waals surface area contributed by atoms with E-state index in [0.717, 1.165) is 5.39 Å². The maximum Gasteiger partial charge on any atom is 0.282 e. The van der Waals surface area contributed by atoms with Gasteiger partial charge in [-0.05, 0) is 54.6 Å². The normalized spacial score (nSPS) is 11.2. The number of hydrogen-bond acceptors (Lipinski definition) is 9. The number of rotatable bonds is 10. The van der Waals surface area contributed by atoms with Gasteiger partial charge in [0.05, 0.1) is 43.8 Å². The van der Waals surface area contributed by atoms with Crippen molar-refractivity contribution in [3.05, 3.63) is 107 Å². The molecule has 6 aromatic rings. The highest BCUT2D eigenvalue weighted by Crippen LogP contribution is 2.38. The number of amides is 1. The van der Waals surface area contributed by atoms with E-state index >= 15 is 0 Å². The second kappa shape index (κ2) is 12.6. The highest BCUT2D eigenvalue weighted by molar-refractivity contribution is 5.92. The van der Waals surface area contributed by atoms with Gasteiger partial charge in [-0.1, -0.05) is 36.4 Å². The number of fused-ring (bicyclic) bond motifs is 2. The molecule has 11 heteroatoms. The molecule has 0 bridgehead atoms. The van der Waals surface area contributed by atoms with Gasteiger partial charge in [-0.2, -0.15) is 9.78 Å². The highest BCUT2D eigenvalue weighted by atomic mass is 16.5. The van der Waals surface area contributed by atoms with E-state index in [4.69, 9.17) is 28.3 Å². The van der Waals surface area contributed by atoms with Gasteiger partial charge in [-0.15, -0.1) is 0 Å². The number of aromatic nitrogens is 2. The first-order valence-corrected chi connectivity index (χ1v) is 13.9.